The number of alkyl halides is 3. The van der Waals surface area contributed by atoms with E-state index in [0.717, 1.165) is 18.3 Å². The molecule has 0 aromatic carbocycles. The van der Waals surface area contributed by atoms with Crippen LogP contribution >= 0.6 is 0 Å². The average molecular weight is 251 g/mol. The number of aromatic nitrogens is 1. The van der Waals surface area contributed by atoms with Crippen LogP contribution in [-0.4, -0.2) is 22.6 Å². The summed E-state index contributed by atoms with van der Waals surface area (Å²) in [5.41, 5.74) is 1.84. The van der Waals surface area contributed by atoms with Crippen LogP contribution in [0.4, 0.5) is 23.4 Å². The van der Waals surface area contributed by atoms with Crippen LogP contribution in [0.15, 0.2) is 18.3 Å². The highest BCUT2D eigenvalue weighted by molar-refractivity contribution is 5.97. The minimum Gasteiger partial charge on any atom is -0.310 e. The molecule has 0 saturated heterocycles. The number of amides is 1. The van der Waals surface area contributed by atoms with Gasteiger partial charge in [-0.3, -0.25) is 4.79 Å². The molecule has 0 radical (unpaired) electrons. The number of halogens is 4. The molecule has 94 valence electrons. The van der Waals surface area contributed by atoms with Gasteiger partial charge >= 0.3 is 6.18 Å². The molecule has 0 spiro atoms. The first-order valence-corrected chi connectivity index (χ1v) is 4.43. The molecule has 8 heteroatoms. The Morgan fingerprint density at radius 1 is 1.41 bits per heavy atom. The molecule has 1 aromatic heterocycles. The topological polar surface area (TPSA) is 68.0 Å². The summed E-state index contributed by atoms with van der Waals surface area (Å²) in [7, 11) is 0. The number of hydrogen-bond acceptors (Lipinski definition) is 3. The SMILES string of the molecule is CC(N)(C(=O)Nc1ccc(F)cn1)C(F)(F)F. The van der Waals surface area contributed by atoms with Crippen molar-refractivity contribution in [1.29, 1.82) is 0 Å². The fourth-order valence-electron chi connectivity index (χ4n) is 0.825. The summed E-state index contributed by atoms with van der Waals surface area (Å²) in [6.45, 7) is 0.534. The number of carbonyl (C=O) groups excluding carboxylic acids is 1. The van der Waals surface area contributed by atoms with Gasteiger partial charge in [0.25, 0.3) is 5.91 Å². The molecule has 0 bridgehead atoms. The van der Waals surface area contributed by atoms with Crippen molar-refractivity contribution in [3.8, 4) is 0 Å². The van der Waals surface area contributed by atoms with E-state index in [9.17, 15) is 22.4 Å². The van der Waals surface area contributed by atoms with Gasteiger partial charge in [0, 0.05) is 0 Å². The molecule has 0 aliphatic rings. The van der Waals surface area contributed by atoms with E-state index in [1.54, 1.807) is 0 Å². The van der Waals surface area contributed by atoms with Crippen molar-refractivity contribution < 1.29 is 22.4 Å². The van der Waals surface area contributed by atoms with Gasteiger partial charge in [-0.15, -0.1) is 0 Å². The van der Waals surface area contributed by atoms with E-state index in [-0.39, 0.29) is 5.82 Å². The predicted molar refractivity (Wildman–Crippen MR) is 51.5 cm³/mol. The maximum absolute atomic E-state index is 12.5. The molecule has 1 atom stereocenters. The highest BCUT2D eigenvalue weighted by Crippen LogP contribution is 2.28. The van der Waals surface area contributed by atoms with Crippen molar-refractivity contribution in [2.24, 2.45) is 5.73 Å². The molecule has 1 amide bonds. The Bertz CT molecular complexity index is 413. The lowest BCUT2D eigenvalue weighted by Crippen LogP contribution is -2.59. The average Bonchev–Trinajstić information content (AvgIpc) is 2.19. The maximum atomic E-state index is 12.5. The molecule has 0 fully saturated rings. The second-order valence-electron chi connectivity index (χ2n) is 3.52. The highest BCUT2D eigenvalue weighted by atomic mass is 19.4. The summed E-state index contributed by atoms with van der Waals surface area (Å²) in [5.74, 6) is -2.35. The fourth-order valence-corrected chi connectivity index (χ4v) is 0.825. The van der Waals surface area contributed by atoms with E-state index in [4.69, 9.17) is 5.73 Å². The van der Waals surface area contributed by atoms with Crippen LogP contribution in [0.25, 0.3) is 0 Å². The maximum Gasteiger partial charge on any atom is 0.415 e. The molecule has 0 aliphatic carbocycles. The molecule has 1 heterocycles. The Morgan fingerprint density at radius 3 is 2.41 bits per heavy atom. The van der Waals surface area contributed by atoms with Gasteiger partial charge in [0.2, 0.25) is 0 Å². The lowest BCUT2D eigenvalue weighted by atomic mass is 10.0. The number of nitrogens with two attached hydrogens (primary N) is 1. The number of hydrogen-bond donors (Lipinski definition) is 2. The van der Waals surface area contributed by atoms with E-state index in [1.807, 2.05) is 5.32 Å². The molecule has 0 saturated carbocycles. The second-order valence-corrected chi connectivity index (χ2v) is 3.52. The van der Waals surface area contributed by atoms with E-state index in [1.165, 1.54) is 0 Å². The predicted octanol–water partition coefficient (Wildman–Crippen LogP) is 1.44. The van der Waals surface area contributed by atoms with Crippen molar-refractivity contribution >= 4 is 11.7 Å². The zero-order valence-electron chi connectivity index (χ0n) is 8.68. The lowest BCUT2D eigenvalue weighted by molar-refractivity contribution is -0.184. The Labute approximate surface area is 93.8 Å². The zero-order chi connectivity index (χ0) is 13.3. The van der Waals surface area contributed by atoms with Gasteiger partial charge < -0.3 is 11.1 Å². The Kier molecular flexibility index (Phi) is 3.37. The van der Waals surface area contributed by atoms with Gasteiger partial charge in [0.1, 0.15) is 11.6 Å². The summed E-state index contributed by atoms with van der Waals surface area (Å²) in [4.78, 5) is 14.7. The standard InChI is InChI=1S/C9H9F4N3O/c1-8(14,9(11,12)13)7(17)16-6-3-2-5(10)4-15-6/h2-4H,14H2,1H3,(H,15,16,17). The van der Waals surface area contributed by atoms with Gasteiger partial charge in [-0.2, -0.15) is 13.2 Å². The van der Waals surface area contributed by atoms with Crippen LogP contribution in [0.1, 0.15) is 6.92 Å². The summed E-state index contributed by atoms with van der Waals surface area (Å²) in [6.07, 6.45) is -4.13. The van der Waals surface area contributed by atoms with Gasteiger partial charge in [-0.1, -0.05) is 0 Å². The zero-order valence-corrected chi connectivity index (χ0v) is 8.68. The van der Waals surface area contributed by atoms with Crippen LogP contribution in [0.5, 0.6) is 0 Å². The van der Waals surface area contributed by atoms with E-state index < -0.39 is 23.4 Å². The van der Waals surface area contributed by atoms with Crippen molar-refractivity contribution in [3.05, 3.63) is 24.1 Å². The Hall–Kier alpha value is -1.70. The smallest absolute Gasteiger partial charge is 0.310 e. The van der Waals surface area contributed by atoms with Gasteiger partial charge in [-0.05, 0) is 19.1 Å². The summed E-state index contributed by atoms with van der Waals surface area (Å²) >= 11 is 0. The quantitative estimate of drug-likeness (QED) is 0.781. The van der Waals surface area contributed by atoms with Crippen LogP contribution in [-0.2, 0) is 4.79 Å². The molecule has 3 N–H and O–H groups in total. The van der Waals surface area contributed by atoms with Crippen LogP contribution in [0, 0.1) is 5.82 Å². The summed E-state index contributed by atoms with van der Waals surface area (Å²) in [6, 6.07) is 1.98. The van der Waals surface area contributed by atoms with Crippen LogP contribution in [0.3, 0.4) is 0 Å². The minimum absolute atomic E-state index is 0.211. The monoisotopic (exact) mass is 251 g/mol. The summed E-state index contributed by atoms with van der Waals surface area (Å²) < 4.78 is 49.6. The van der Waals surface area contributed by atoms with Gasteiger partial charge in [-0.25, -0.2) is 9.37 Å². The largest absolute Gasteiger partial charge is 0.415 e. The van der Waals surface area contributed by atoms with Crippen LogP contribution < -0.4 is 11.1 Å². The first kappa shape index (κ1) is 13.4. The number of carbonyl (C=O) groups is 1. The molecular weight excluding hydrogens is 242 g/mol. The molecule has 1 rings (SSSR count). The van der Waals surface area contributed by atoms with Crippen molar-refractivity contribution in [2.75, 3.05) is 5.32 Å². The fraction of sp³-hybridized carbons (Fsp3) is 0.333. The van der Waals surface area contributed by atoms with Crippen molar-refractivity contribution in [3.63, 3.8) is 0 Å². The number of nitrogens with zero attached hydrogens (tertiary/aromatic N) is 1. The normalized spacial score (nSPS) is 15.2. The third-order valence-corrected chi connectivity index (χ3v) is 2.03. The molecule has 1 unspecified atom stereocenters. The second kappa shape index (κ2) is 4.28. The molecular formula is C9H9F4N3O. The van der Waals surface area contributed by atoms with Gasteiger partial charge in [0.05, 0.1) is 6.20 Å². The number of rotatable bonds is 2. The van der Waals surface area contributed by atoms with E-state index >= 15 is 0 Å². The van der Waals surface area contributed by atoms with E-state index in [0.29, 0.717) is 6.92 Å². The molecule has 4 nitrogen and oxygen atoms in total. The minimum atomic E-state index is -4.89. The number of pyridine rings is 1. The van der Waals surface area contributed by atoms with Gasteiger partial charge in [0.15, 0.2) is 5.54 Å². The van der Waals surface area contributed by atoms with Crippen molar-refractivity contribution in [1.82, 2.24) is 4.98 Å². The van der Waals surface area contributed by atoms with Crippen molar-refractivity contribution in [2.45, 2.75) is 18.6 Å². The van der Waals surface area contributed by atoms with E-state index in [2.05, 4.69) is 4.98 Å². The first-order chi connectivity index (χ1) is 7.64. The third-order valence-electron chi connectivity index (χ3n) is 2.03. The lowest BCUT2D eigenvalue weighted by Gasteiger charge is -2.25. The number of nitrogens with one attached hydrogen (secondary N) is 1. The van der Waals surface area contributed by atoms with Crippen LogP contribution in [0.2, 0.25) is 0 Å². The third kappa shape index (κ3) is 2.90. The molecule has 1 aromatic rings. The first-order valence-electron chi connectivity index (χ1n) is 4.43. The summed E-state index contributed by atoms with van der Waals surface area (Å²) in [5, 5.41) is 1.85. The Morgan fingerprint density at radius 2 is 2.00 bits per heavy atom. The number of anilines is 1. The highest BCUT2D eigenvalue weighted by Gasteiger charge is 2.54. The molecule has 0 aliphatic heterocycles. The molecule has 17 heavy (non-hydrogen) atoms. The Balaban J connectivity index is 2.83.